The van der Waals surface area contributed by atoms with Crippen molar-refractivity contribution in [2.45, 2.75) is 39.0 Å². The van der Waals surface area contributed by atoms with Gasteiger partial charge in [-0.25, -0.2) is 9.97 Å². The topological polar surface area (TPSA) is 52.1 Å². The van der Waals surface area contributed by atoms with Crippen LogP contribution in [-0.2, 0) is 17.6 Å². The van der Waals surface area contributed by atoms with Gasteiger partial charge in [-0.3, -0.25) is 4.79 Å². The number of hydrogen-bond donors (Lipinski definition) is 0. The molecule has 2 rings (SSSR count). The Balaban J connectivity index is 2.12. The number of fused-ring (bicyclic) bond motifs is 1. The summed E-state index contributed by atoms with van der Waals surface area (Å²) in [5, 5.41) is 0. The number of nitrogens with zero attached hydrogens (tertiary/aromatic N) is 2. The van der Waals surface area contributed by atoms with E-state index in [0.717, 1.165) is 42.8 Å². The van der Waals surface area contributed by atoms with Crippen LogP contribution in [0.25, 0.3) is 0 Å². The first-order valence-corrected chi connectivity index (χ1v) is 6.27. The van der Waals surface area contributed by atoms with E-state index < -0.39 is 0 Å². The minimum absolute atomic E-state index is 0.189. The van der Waals surface area contributed by atoms with Crippen LogP contribution >= 0.6 is 0 Å². The molecule has 0 unspecified atom stereocenters. The molecular weight excluding hydrogens is 216 g/mol. The van der Waals surface area contributed by atoms with E-state index >= 15 is 0 Å². The summed E-state index contributed by atoms with van der Waals surface area (Å²) < 4.78 is 5.28. The lowest BCUT2D eigenvalue weighted by molar-refractivity contribution is 0.0981. The van der Waals surface area contributed by atoms with Crippen LogP contribution in [0.2, 0.25) is 0 Å². The molecule has 0 spiro atoms. The van der Waals surface area contributed by atoms with Crippen molar-refractivity contribution in [3.05, 3.63) is 23.3 Å². The van der Waals surface area contributed by atoms with Gasteiger partial charge in [-0.05, 0) is 26.2 Å². The maximum absolute atomic E-state index is 11.8. The lowest BCUT2D eigenvalue weighted by Crippen LogP contribution is -2.09. The molecule has 0 radical (unpaired) electrons. The summed E-state index contributed by atoms with van der Waals surface area (Å²) in [4.78, 5) is 20.5. The Bertz CT molecular complexity index is 404. The summed E-state index contributed by atoms with van der Waals surface area (Å²) in [6.07, 6.45) is 5.94. The number of aromatic nitrogens is 2. The molecule has 17 heavy (non-hydrogen) atoms. The zero-order valence-corrected chi connectivity index (χ0v) is 10.2. The smallest absolute Gasteiger partial charge is 0.166 e. The zero-order chi connectivity index (χ0) is 12.1. The first-order valence-electron chi connectivity index (χ1n) is 6.27. The SMILES string of the molecule is CCOCCc1ncc2c(n1)CCCCC2=O. The van der Waals surface area contributed by atoms with E-state index in [1.165, 1.54) is 0 Å². The number of aryl methyl sites for hydroxylation is 1. The molecule has 0 aliphatic heterocycles. The second-order valence-electron chi connectivity index (χ2n) is 4.22. The third kappa shape index (κ3) is 3.09. The molecule has 0 bridgehead atoms. The highest BCUT2D eigenvalue weighted by Crippen LogP contribution is 2.18. The summed E-state index contributed by atoms with van der Waals surface area (Å²) in [6, 6.07) is 0. The van der Waals surface area contributed by atoms with Crippen molar-refractivity contribution in [2.75, 3.05) is 13.2 Å². The average Bonchev–Trinajstić information content (AvgIpc) is 2.52. The predicted octanol–water partition coefficient (Wildman–Crippen LogP) is 1.96. The van der Waals surface area contributed by atoms with Crippen molar-refractivity contribution in [2.24, 2.45) is 0 Å². The second-order valence-corrected chi connectivity index (χ2v) is 4.22. The fourth-order valence-corrected chi connectivity index (χ4v) is 2.02. The third-order valence-electron chi connectivity index (χ3n) is 2.96. The van der Waals surface area contributed by atoms with Crippen molar-refractivity contribution >= 4 is 5.78 Å². The first-order chi connectivity index (χ1) is 8.31. The third-order valence-corrected chi connectivity index (χ3v) is 2.96. The highest BCUT2D eigenvalue weighted by molar-refractivity contribution is 5.97. The molecule has 4 nitrogen and oxygen atoms in total. The summed E-state index contributed by atoms with van der Waals surface area (Å²) in [7, 11) is 0. The molecule has 0 aromatic carbocycles. The van der Waals surface area contributed by atoms with Crippen LogP contribution in [0.15, 0.2) is 6.20 Å². The summed E-state index contributed by atoms with van der Waals surface area (Å²) in [5.41, 5.74) is 1.65. The number of Topliss-reactive ketones (excluding diaryl/α,β-unsaturated/α-hetero) is 1. The van der Waals surface area contributed by atoms with Gasteiger partial charge < -0.3 is 4.74 Å². The van der Waals surface area contributed by atoms with Crippen LogP contribution in [0.3, 0.4) is 0 Å². The van der Waals surface area contributed by atoms with Gasteiger partial charge in [0, 0.05) is 25.6 Å². The molecular formula is C13H18N2O2. The molecule has 4 heteroatoms. The fraction of sp³-hybridized carbons (Fsp3) is 0.615. The van der Waals surface area contributed by atoms with E-state index in [4.69, 9.17) is 4.74 Å². The minimum Gasteiger partial charge on any atom is -0.381 e. The number of rotatable bonds is 4. The fourth-order valence-electron chi connectivity index (χ4n) is 2.02. The van der Waals surface area contributed by atoms with Gasteiger partial charge in [-0.1, -0.05) is 0 Å². The lowest BCUT2D eigenvalue weighted by Gasteiger charge is -2.06. The van der Waals surface area contributed by atoms with Crippen molar-refractivity contribution < 1.29 is 9.53 Å². The lowest BCUT2D eigenvalue weighted by atomic mass is 10.1. The Hall–Kier alpha value is -1.29. The molecule has 0 N–H and O–H groups in total. The molecule has 1 aliphatic carbocycles. The van der Waals surface area contributed by atoms with Gasteiger partial charge in [0.2, 0.25) is 0 Å². The molecule has 1 aromatic heterocycles. The van der Waals surface area contributed by atoms with Crippen LogP contribution in [-0.4, -0.2) is 29.0 Å². The van der Waals surface area contributed by atoms with Crippen LogP contribution in [0.4, 0.5) is 0 Å². The summed E-state index contributed by atoms with van der Waals surface area (Å²) in [5.74, 6) is 0.973. The van der Waals surface area contributed by atoms with Crippen LogP contribution in [0, 0.1) is 0 Å². The second kappa shape index (κ2) is 5.87. The van der Waals surface area contributed by atoms with Gasteiger partial charge in [0.25, 0.3) is 0 Å². The summed E-state index contributed by atoms with van der Waals surface area (Å²) in [6.45, 7) is 3.32. The Morgan fingerprint density at radius 1 is 1.35 bits per heavy atom. The van der Waals surface area contributed by atoms with Crippen LogP contribution in [0.5, 0.6) is 0 Å². The number of carbonyl (C=O) groups excluding carboxylic acids is 1. The van der Waals surface area contributed by atoms with Crippen molar-refractivity contribution in [3.8, 4) is 0 Å². The molecule has 0 amide bonds. The Morgan fingerprint density at radius 3 is 3.00 bits per heavy atom. The van der Waals surface area contributed by atoms with Gasteiger partial charge in [0.05, 0.1) is 17.9 Å². The Kier molecular flexibility index (Phi) is 4.20. The van der Waals surface area contributed by atoms with E-state index in [2.05, 4.69) is 9.97 Å². The van der Waals surface area contributed by atoms with Crippen LogP contribution < -0.4 is 0 Å². The maximum atomic E-state index is 11.8. The van der Waals surface area contributed by atoms with Gasteiger partial charge in [-0.15, -0.1) is 0 Å². The van der Waals surface area contributed by atoms with Crippen molar-refractivity contribution in [3.63, 3.8) is 0 Å². The standard InChI is InChI=1S/C13H18N2O2/c1-2-17-8-7-13-14-9-10-11(15-13)5-3-4-6-12(10)16/h9H,2-8H2,1H3. The molecule has 1 aliphatic rings. The average molecular weight is 234 g/mol. The molecule has 1 aromatic rings. The summed E-state index contributed by atoms with van der Waals surface area (Å²) >= 11 is 0. The molecule has 0 atom stereocenters. The molecule has 0 saturated heterocycles. The molecule has 0 saturated carbocycles. The van der Waals surface area contributed by atoms with Gasteiger partial charge in [0.15, 0.2) is 5.78 Å². The minimum atomic E-state index is 0.189. The van der Waals surface area contributed by atoms with E-state index in [1.807, 2.05) is 6.92 Å². The number of carbonyl (C=O) groups is 1. The quantitative estimate of drug-likeness (QED) is 0.590. The van der Waals surface area contributed by atoms with Crippen LogP contribution in [0.1, 0.15) is 48.1 Å². The Labute approximate surface area is 101 Å². The molecule has 1 heterocycles. The maximum Gasteiger partial charge on any atom is 0.166 e. The molecule has 92 valence electrons. The van der Waals surface area contributed by atoms with E-state index in [1.54, 1.807) is 6.20 Å². The predicted molar refractivity (Wildman–Crippen MR) is 64.1 cm³/mol. The first kappa shape index (κ1) is 12.2. The van der Waals surface area contributed by atoms with E-state index in [9.17, 15) is 4.79 Å². The monoisotopic (exact) mass is 234 g/mol. The Morgan fingerprint density at radius 2 is 2.18 bits per heavy atom. The van der Waals surface area contributed by atoms with Gasteiger partial charge in [0.1, 0.15) is 5.82 Å². The number of ketones is 1. The number of ether oxygens (including phenoxy) is 1. The zero-order valence-electron chi connectivity index (χ0n) is 10.2. The highest BCUT2D eigenvalue weighted by Gasteiger charge is 2.17. The number of hydrogen-bond acceptors (Lipinski definition) is 4. The van der Waals surface area contributed by atoms with E-state index in [-0.39, 0.29) is 5.78 Å². The molecule has 0 fully saturated rings. The van der Waals surface area contributed by atoms with E-state index in [0.29, 0.717) is 19.6 Å². The largest absolute Gasteiger partial charge is 0.381 e. The highest BCUT2D eigenvalue weighted by atomic mass is 16.5. The van der Waals surface area contributed by atoms with Crippen molar-refractivity contribution in [1.82, 2.24) is 9.97 Å². The van der Waals surface area contributed by atoms with Crippen molar-refractivity contribution in [1.29, 1.82) is 0 Å². The van der Waals surface area contributed by atoms with Gasteiger partial charge >= 0.3 is 0 Å². The normalized spacial score (nSPS) is 15.5. The van der Waals surface area contributed by atoms with Gasteiger partial charge in [-0.2, -0.15) is 0 Å².